The molecule has 25 heavy (non-hydrogen) atoms. The van der Waals surface area contributed by atoms with Crippen molar-refractivity contribution in [3.63, 3.8) is 0 Å². The van der Waals surface area contributed by atoms with Crippen molar-refractivity contribution >= 4 is 40.3 Å². The van der Waals surface area contributed by atoms with Gasteiger partial charge in [0.05, 0.1) is 4.91 Å². The van der Waals surface area contributed by atoms with Gasteiger partial charge in [-0.05, 0) is 42.8 Å². The van der Waals surface area contributed by atoms with Crippen molar-refractivity contribution in [1.29, 1.82) is 0 Å². The molecule has 0 aromatic heterocycles. The van der Waals surface area contributed by atoms with Crippen molar-refractivity contribution in [2.75, 3.05) is 6.54 Å². The molecule has 1 amide bonds. The van der Waals surface area contributed by atoms with Gasteiger partial charge in [-0.15, -0.1) is 6.58 Å². The molecule has 0 bridgehead atoms. The quantitative estimate of drug-likeness (QED) is 0.414. The average molecular weight is 367 g/mol. The Hall–Kier alpha value is -2.37. The second-order valence-electron chi connectivity index (χ2n) is 5.57. The molecular formula is C20H17NO2S2. The highest BCUT2D eigenvalue weighted by atomic mass is 32.2. The maximum Gasteiger partial charge on any atom is 0.266 e. The topological polar surface area (TPSA) is 29.5 Å². The Morgan fingerprint density at radius 2 is 1.96 bits per heavy atom. The van der Waals surface area contributed by atoms with Crippen LogP contribution < -0.4 is 4.74 Å². The second kappa shape index (κ2) is 7.68. The predicted molar refractivity (Wildman–Crippen MR) is 108 cm³/mol. The number of thiocarbonyl (C=S) groups is 1. The Kier molecular flexibility index (Phi) is 5.36. The number of carbonyl (C=O) groups excluding carboxylic acids is 1. The van der Waals surface area contributed by atoms with E-state index >= 15 is 0 Å². The summed E-state index contributed by atoms with van der Waals surface area (Å²) in [6.07, 6.45) is 3.51. The number of benzene rings is 2. The van der Waals surface area contributed by atoms with Crippen LogP contribution in [0.4, 0.5) is 0 Å². The lowest BCUT2D eigenvalue weighted by Gasteiger charge is -2.10. The van der Waals surface area contributed by atoms with Crippen LogP contribution in [0.15, 0.2) is 66.1 Å². The summed E-state index contributed by atoms with van der Waals surface area (Å²) in [5.74, 6) is 1.42. The fourth-order valence-corrected chi connectivity index (χ4v) is 3.62. The van der Waals surface area contributed by atoms with Crippen molar-refractivity contribution in [3.05, 3.63) is 77.2 Å². The van der Waals surface area contributed by atoms with E-state index in [1.54, 1.807) is 11.0 Å². The van der Waals surface area contributed by atoms with Crippen LogP contribution in [0.5, 0.6) is 11.5 Å². The van der Waals surface area contributed by atoms with Gasteiger partial charge >= 0.3 is 0 Å². The molecule has 1 saturated heterocycles. The van der Waals surface area contributed by atoms with Gasteiger partial charge in [-0.3, -0.25) is 9.69 Å². The van der Waals surface area contributed by atoms with Crippen LogP contribution in [0, 0.1) is 6.92 Å². The molecule has 5 heteroatoms. The first-order valence-corrected chi connectivity index (χ1v) is 9.00. The van der Waals surface area contributed by atoms with Gasteiger partial charge in [0.1, 0.15) is 15.8 Å². The molecule has 2 aromatic carbocycles. The Morgan fingerprint density at radius 3 is 2.68 bits per heavy atom. The molecule has 1 aliphatic rings. The molecule has 0 atom stereocenters. The second-order valence-corrected chi connectivity index (χ2v) is 7.24. The average Bonchev–Trinajstić information content (AvgIpc) is 2.85. The fraction of sp³-hybridized carbons (Fsp3) is 0.100. The zero-order valence-electron chi connectivity index (χ0n) is 13.8. The molecule has 3 nitrogen and oxygen atoms in total. The standard InChI is InChI=1S/C20H17NO2S2/c1-3-11-21-19(22)18(25-20(21)24)13-15-5-4-6-17(12-15)23-16-9-7-14(2)8-10-16/h3-10,12-13H,1,11H2,2H3. The summed E-state index contributed by atoms with van der Waals surface area (Å²) in [4.78, 5) is 14.5. The number of carbonyl (C=O) groups is 1. The molecular weight excluding hydrogens is 350 g/mol. The van der Waals surface area contributed by atoms with Crippen LogP contribution in [0.1, 0.15) is 11.1 Å². The summed E-state index contributed by atoms with van der Waals surface area (Å²) < 4.78 is 6.43. The van der Waals surface area contributed by atoms with Gasteiger partial charge in [-0.1, -0.05) is 59.9 Å². The number of amides is 1. The minimum absolute atomic E-state index is 0.0836. The van der Waals surface area contributed by atoms with E-state index in [4.69, 9.17) is 17.0 Å². The molecule has 2 aromatic rings. The number of rotatable bonds is 5. The molecule has 3 rings (SSSR count). The molecule has 126 valence electrons. The summed E-state index contributed by atoms with van der Waals surface area (Å²) in [6.45, 7) is 6.12. The highest BCUT2D eigenvalue weighted by Crippen LogP contribution is 2.33. The minimum Gasteiger partial charge on any atom is -0.457 e. The van der Waals surface area contributed by atoms with Gasteiger partial charge in [-0.2, -0.15) is 0 Å². The summed E-state index contributed by atoms with van der Waals surface area (Å²) in [5, 5.41) is 0. The number of nitrogens with zero attached hydrogens (tertiary/aromatic N) is 1. The van der Waals surface area contributed by atoms with Gasteiger partial charge in [0, 0.05) is 6.54 Å². The lowest BCUT2D eigenvalue weighted by molar-refractivity contribution is -0.121. The molecule has 1 fully saturated rings. The first kappa shape index (κ1) is 17.5. The summed E-state index contributed by atoms with van der Waals surface area (Å²) >= 11 is 6.56. The van der Waals surface area contributed by atoms with E-state index in [-0.39, 0.29) is 5.91 Å². The molecule has 0 saturated carbocycles. The van der Waals surface area contributed by atoms with Crippen LogP contribution in [-0.2, 0) is 4.79 Å². The fourth-order valence-electron chi connectivity index (χ4n) is 2.35. The van der Waals surface area contributed by atoms with Crippen LogP contribution in [0.2, 0.25) is 0 Å². The van der Waals surface area contributed by atoms with Crippen molar-refractivity contribution in [2.24, 2.45) is 0 Å². The Balaban J connectivity index is 1.80. The van der Waals surface area contributed by atoms with E-state index in [0.717, 1.165) is 17.1 Å². The largest absolute Gasteiger partial charge is 0.457 e. The highest BCUT2D eigenvalue weighted by molar-refractivity contribution is 8.26. The van der Waals surface area contributed by atoms with E-state index in [1.807, 2.05) is 61.5 Å². The predicted octanol–water partition coefficient (Wildman–Crippen LogP) is 5.17. The zero-order valence-corrected chi connectivity index (χ0v) is 15.4. The van der Waals surface area contributed by atoms with Crippen LogP contribution in [-0.4, -0.2) is 21.7 Å². The van der Waals surface area contributed by atoms with Crippen molar-refractivity contribution in [3.8, 4) is 11.5 Å². The number of hydrogen-bond acceptors (Lipinski definition) is 4. The normalized spacial score (nSPS) is 15.7. The van der Waals surface area contributed by atoms with Gasteiger partial charge in [0.15, 0.2) is 0 Å². The molecule has 0 aliphatic carbocycles. The number of aryl methyl sites for hydroxylation is 1. The molecule has 0 N–H and O–H groups in total. The SMILES string of the molecule is C=CCN1C(=O)C(=Cc2cccc(Oc3ccc(C)cc3)c2)SC1=S. The maximum atomic E-state index is 12.4. The van der Waals surface area contributed by atoms with Crippen molar-refractivity contribution in [1.82, 2.24) is 4.90 Å². The van der Waals surface area contributed by atoms with Crippen molar-refractivity contribution < 1.29 is 9.53 Å². The third-order valence-corrected chi connectivity index (χ3v) is 4.98. The van der Waals surface area contributed by atoms with Gasteiger partial charge < -0.3 is 4.74 Å². The van der Waals surface area contributed by atoms with E-state index in [2.05, 4.69) is 6.58 Å². The molecule has 0 unspecified atom stereocenters. The smallest absolute Gasteiger partial charge is 0.266 e. The highest BCUT2D eigenvalue weighted by Gasteiger charge is 2.30. The van der Waals surface area contributed by atoms with Crippen LogP contribution >= 0.6 is 24.0 Å². The minimum atomic E-state index is -0.0836. The van der Waals surface area contributed by atoms with E-state index in [1.165, 1.54) is 17.3 Å². The van der Waals surface area contributed by atoms with E-state index in [9.17, 15) is 4.79 Å². The Labute approximate surface area is 157 Å². The molecule has 1 aliphatic heterocycles. The van der Waals surface area contributed by atoms with Gasteiger partial charge in [0.25, 0.3) is 5.91 Å². The Bertz CT molecular complexity index is 856. The van der Waals surface area contributed by atoms with Gasteiger partial charge in [0.2, 0.25) is 0 Å². The molecule has 0 spiro atoms. The van der Waals surface area contributed by atoms with E-state index in [0.29, 0.717) is 15.8 Å². The number of thioether (sulfide) groups is 1. The maximum absolute atomic E-state index is 12.4. The lowest BCUT2D eigenvalue weighted by Crippen LogP contribution is -2.27. The summed E-state index contributed by atoms with van der Waals surface area (Å²) in [7, 11) is 0. The third-order valence-electron chi connectivity index (χ3n) is 3.60. The number of hydrogen-bond donors (Lipinski definition) is 0. The third kappa shape index (κ3) is 4.18. The lowest BCUT2D eigenvalue weighted by atomic mass is 10.2. The van der Waals surface area contributed by atoms with Crippen molar-refractivity contribution in [2.45, 2.75) is 6.92 Å². The summed E-state index contributed by atoms with van der Waals surface area (Å²) in [6, 6.07) is 15.5. The Morgan fingerprint density at radius 1 is 1.20 bits per heavy atom. The monoisotopic (exact) mass is 367 g/mol. The molecule has 1 heterocycles. The first-order valence-electron chi connectivity index (χ1n) is 7.77. The van der Waals surface area contributed by atoms with E-state index < -0.39 is 0 Å². The summed E-state index contributed by atoms with van der Waals surface area (Å²) in [5.41, 5.74) is 2.08. The first-order chi connectivity index (χ1) is 12.1. The van der Waals surface area contributed by atoms with Crippen LogP contribution in [0.3, 0.4) is 0 Å². The van der Waals surface area contributed by atoms with Crippen LogP contribution in [0.25, 0.3) is 6.08 Å². The number of ether oxygens (including phenoxy) is 1. The molecule has 0 radical (unpaired) electrons. The van der Waals surface area contributed by atoms with Gasteiger partial charge in [-0.25, -0.2) is 0 Å². The zero-order chi connectivity index (χ0) is 17.8.